The van der Waals surface area contributed by atoms with E-state index in [1.165, 1.54) is 4.88 Å². The third-order valence-electron chi connectivity index (χ3n) is 5.63. The normalized spacial score (nSPS) is 14.4. The zero-order valence-electron chi connectivity index (χ0n) is 17.2. The first-order chi connectivity index (χ1) is 15.1. The van der Waals surface area contributed by atoms with E-state index in [-0.39, 0.29) is 28.9 Å². The van der Waals surface area contributed by atoms with Crippen molar-refractivity contribution in [1.29, 1.82) is 0 Å². The molecule has 0 radical (unpaired) electrons. The molecule has 1 saturated heterocycles. The summed E-state index contributed by atoms with van der Waals surface area (Å²) < 4.78 is 0. The average molecular weight is 436 g/mol. The van der Waals surface area contributed by atoms with Crippen LogP contribution in [0.3, 0.4) is 0 Å². The smallest absolute Gasteiger partial charge is 0.261 e. The number of nitrogens with zero attached hydrogens (tertiary/aromatic N) is 1. The molecule has 1 aliphatic rings. The van der Waals surface area contributed by atoms with Gasteiger partial charge in [0.1, 0.15) is 5.56 Å². The Hall–Kier alpha value is -3.19. The summed E-state index contributed by atoms with van der Waals surface area (Å²) in [6.07, 6.45) is 2.05. The van der Waals surface area contributed by atoms with Crippen LogP contribution in [-0.4, -0.2) is 41.3 Å². The summed E-state index contributed by atoms with van der Waals surface area (Å²) in [6, 6.07) is 16.9. The van der Waals surface area contributed by atoms with Crippen LogP contribution in [-0.2, 0) is 11.2 Å². The van der Waals surface area contributed by atoms with Crippen LogP contribution < -0.4 is 10.9 Å². The van der Waals surface area contributed by atoms with Gasteiger partial charge in [-0.1, -0.05) is 36.4 Å². The van der Waals surface area contributed by atoms with Crippen LogP contribution in [0.4, 0.5) is 0 Å². The number of hydrogen-bond donors (Lipinski definition) is 2. The second kappa shape index (κ2) is 9.75. The molecule has 0 aliphatic carbocycles. The van der Waals surface area contributed by atoms with E-state index in [0.29, 0.717) is 38.2 Å². The number of piperidine rings is 1. The Kier molecular flexibility index (Phi) is 6.62. The third-order valence-corrected chi connectivity index (χ3v) is 6.56. The summed E-state index contributed by atoms with van der Waals surface area (Å²) in [6.45, 7) is 1.57. The molecule has 1 aromatic carbocycles. The topological polar surface area (TPSA) is 82.3 Å². The molecule has 1 aliphatic heterocycles. The number of thiophene rings is 1. The SMILES string of the molecule is O=C(NCCc1cccs1)C1CCN(C(=O)c2ccc(-c3ccccc3)[nH]c2=O)CC1. The fourth-order valence-corrected chi connectivity index (χ4v) is 4.56. The highest BCUT2D eigenvalue weighted by Gasteiger charge is 2.28. The molecule has 0 spiro atoms. The van der Waals surface area contributed by atoms with Crippen molar-refractivity contribution in [3.63, 3.8) is 0 Å². The number of carbonyl (C=O) groups excluding carboxylic acids is 2. The van der Waals surface area contributed by atoms with E-state index in [0.717, 1.165) is 12.0 Å². The fraction of sp³-hybridized carbons (Fsp3) is 0.292. The molecular weight excluding hydrogens is 410 g/mol. The number of nitrogens with one attached hydrogen (secondary N) is 2. The number of likely N-dealkylation sites (tertiary alicyclic amines) is 1. The van der Waals surface area contributed by atoms with Gasteiger partial charge in [0, 0.05) is 36.1 Å². The van der Waals surface area contributed by atoms with Gasteiger partial charge in [0.2, 0.25) is 5.91 Å². The van der Waals surface area contributed by atoms with E-state index in [9.17, 15) is 14.4 Å². The summed E-state index contributed by atoms with van der Waals surface area (Å²) in [4.78, 5) is 43.5. The fourth-order valence-electron chi connectivity index (χ4n) is 3.85. The van der Waals surface area contributed by atoms with Gasteiger partial charge in [-0.2, -0.15) is 0 Å². The largest absolute Gasteiger partial charge is 0.355 e. The Bertz CT molecular complexity index is 1080. The van der Waals surface area contributed by atoms with Crippen molar-refractivity contribution < 1.29 is 9.59 Å². The predicted molar refractivity (Wildman–Crippen MR) is 122 cm³/mol. The molecule has 2 amide bonds. The van der Waals surface area contributed by atoms with E-state index < -0.39 is 0 Å². The van der Waals surface area contributed by atoms with E-state index >= 15 is 0 Å². The second-order valence-corrected chi connectivity index (χ2v) is 8.70. The van der Waals surface area contributed by atoms with Crippen molar-refractivity contribution in [2.45, 2.75) is 19.3 Å². The maximum atomic E-state index is 12.9. The van der Waals surface area contributed by atoms with Gasteiger partial charge in [-0.05, 0) is 48.4 Å². The van der Waals surface area contributed by atoms with Crippen LogP contribution in [0.1, 0.15) is 28.1 Å². The molecule has 1 fully saturated rings. The highest BCUT2D eigenvalue weighted by Crippen LogP contribution is 2.20. The Labute approximate surface area is 184 Å². The van der Waals surface area contributed by atoms with E-state index in [1.54, 1.807) is 28.4 Å². The van der Waals surface area contributed by atoms with Crippen LogP contribution in [0.5, 0.6) is 0 Å². The first-order valence-corrected chi connectivity index (χ1v) is 11.4. The maximum absolute atomic E-state index is 12.9. The van der Waals surface area contributed by atoms with Crippen LogP contribution >= 0.6 is 11.3 Å². The lowest BCUT2D eigenvalue weighted by Crippen LogP contribution is -2.44. The molecular formula is C24H25N3O3S. The first kappa shape index (κ1) is 21.1. The molecule has 0 bridgehead atoms. The molecule has 0 unspecified atom stereocenters. The van der Waals surface area contributed by atoms with Crippen LogP contribution in [0.15, 0.2) is 64.8 Å². The summed E-state index contributed by atoms with van der Waals surface area (Å²) in [5.74, 6) is -0.322. The lowest BCUT2D eigenvalue weighted by Gasteiger charge is -2.31. The molecule has 2 aromatic heterocycles. The highest BCUT2D eigenvalue weighted by atomic mass is 32.1. The number of aromatic amines is 1. The summed E-state index contributed by atoms with van der Waals surface area (Å²) in [5, 5.41) is 5.04. The van der Waals surface area contributed by atoms with Crippen molar-refractivity contribution in [2.75, 3.05) is 19.6 Å². The van der Waals surface area contributed by atoms with Gasteiger partial charge in [-0.25, -0.2) is 0 Å². The number of amides is 2. The highest BCUT2D eigenvalue weighted by molar-refractivity contribution is 7.09. The lowest BCUT2D eigenvalue weighted by atomic mass is 9.95. The molecule has 160 valence electrons. The minimum Gasteiger partial charge on any atom is -0.355 e. The monoisotopic (exact) mass is 435 g/mol. The molecule has 7 heteroatoms. The van der Waals surface area contributed by atoms with Crippen LogP contribution in [0, 0.1) is 5.92 Å². The van der Waals surface area contributed by atoms with E-state index in [2.05, 4.69) is 16.4 Å². The number of rotatable bonds is 6. The second-order valence-electron chi connectivity index (χ2n) is 7.67. The van der Waals surface area contributed by atoms with Gasteiger partial charge >= 0.3 is 0 Å². The first-order valence-electron chi connectivity index (χ1n) is 10.5. The van der Waals surface area contributed by atoms with E-state index in [4.69, 9.17) is 0 Å². The number of hydrogen-bond acceptors (Lipinski definition) is 4. The summed E-state index contributed by atoms with van der Waals surface area (Å²) in [5.41, 5.74) is 1.32. The minimum atomic E-state index is -0.389. The van der Waals surface area contributed by atoms with Crippen LogP contribution in [0.25, 0.3) is 11.3 Å². The Morgan fingerprint density at radius 3 is 2.48 bits per heavy atom. The molecule has 0 atom stereocenters. The molecule has 0 saturated carbocycles. The Balaban J connectivity index is 1.31. The molecule has 3 heterocycles. The van der Waals surface area contributed by atoms with Gasteiger partial charge in [-0.15, -0.1) is 11.3 Å². The molecule has 3 aromatic rings. The number of benzene rings is 1. The van der Waals surface area contributed by atoms with E-state index in [1.807, 2.05) is 41.8 Å². The third kappa shape index (κ3) is 5.11. The quantitative estimate of drug-likeness (QED) is 0.623. The number of pyridine rings is 1. The van der Waals surface area contributed by atoms with Gasteiger partial charge in [0.25, 0.3) is 11.5 Å². The van der Waals surface area contributed by atoms with Gasteiger partial charge in [0.15, 0.2) is 0 Å². The zero-order valence-corrected chi connectivity index (χ0v) is 18.0. The van der Waals surface area contributed by atoms with Crippen molar-refractivity contribution >= 4 is 23.2 Å². The zero-order chi connectivity index (χ0) is 21.6. The standard InChI is InChI=1S/C24H25N3O3S/c28-22(25-13-10-19-7-4-16-31-19)18-11-14-27(15-12-18)24(30)20-8-9-21(26-23(20)29)17-5-2-1-3-6-17/h1-9,16,18H,10-15H2,(H,25,28)(H,26,29). The Morgan fingerprint density at radius 1 is 1.03 bits per heavy atom. The Morgan fingerprint density at radius 2 is 1.81 bits per heavy atom. The number of carbonyl (C=O) groups is 2. The van der Waals surface area contributed by atoms with Crippen molar-refractivity contribution in [3.05, 3.63) is 80.8 Å². The van der Waals surface area contributed by atoms with Gasteiger partial charge in [-0.3, -0.25) is 14.4 Å². The number of aromatic nitrogens is 1. The lowest BCUT2D eigenvalue weighted by molar-refractivity contribution is -0.126. The summed E-state index contributed by atoms with van der Waals surface area (Å²) in [7, 11) is 0. The van der Waals surface area contributed by atoms with Gasteiger partial charge < -0.3 is 15.2 Å². The van der Waals surface area contributed by atoms with Crippen molar-refractivity contribution in [2.24, 2.45) is 5.92 Å². The molecule has 31 heavy (non-hydrogen) atoms. The van der Waals surface area contributed by atoms with Gasteiger partial charge in [0.05, 0.1) is 0 Å². The predicted octanol–water partition coefficient (Wildman–Crippen LogP) is 3.31. The number of H-pyrrole nitrogens is 1. The maximum Gasteiger partial charge on any atom is 0.261 e. The van der Waals surface area contributed by atoms with Crippen molar-refractivity contribution in [1.82, 2.24) is 15.2 Å². The molecule has 2 N–H and O–H groups in total. The van der Waals surface area contributed by atoms with Crippen LogP contribution in [0.2, 0.25) is 0 Å². The molecule has 4 rings (SSSR count). The summed E-state index contributed by atoms with van der Waals surface area (Å²) >= 11 is 1.69. The minimum absolute atomic E-state index is 0.0497. The molecule has 6 nitrogen and oxygen atoms in total. The average Bonchev–Trinajstić information content (AvgIpc) is 3.33. The van der Waals surface area contributed by atoms with Crippen molar-refractivity contribution in [3.8, 4) is 11.3 Å².